The smallest absolute Gasteiger partial charge is 0.225 e. The fourth-order valence-corrected chi connectivity index (χ4v) is 3.36. The predicted octanol–water partition coefficient (Wildman–Crippen LogP) is 3.61. The van der Waals surface area contributed by atoms with Gasteiger partial charge in [0.25, 0.3) is 0 Å². The summed E-state index contributed by atoms with van der Waals surface area (Å²) >= 11 is 0. The molecule has 0 spiro atoms. The molecule has 0 unspecified atom stereocenters. The third-order valence-corrected chi connectivity index (χ3v) is 5.09. The topological polar surface area (TPSA) is 56.7 Å². The minimum absolute atomic E-state index is 0. The van der Waals surface area contributed by atoms with Crippen LogP contribution in [0.4, 0.5) is 0 Å². The monoisotopic (exact) mass is 500 g/mol. The van der Waals surface area contributed by atoms with Crippen LogP contribution in [0, 0.1) is 5.92 Å². The van der Waals surface area contributed by atoms with Crippen molar-refractivity contribution in [2.75, 3.05) is 26.2 Å². The maximum atomic E-state index is 12.1. The molecule has 2 N–H and O–H groups in total. The van der Waals surface area contributed by atoms with Crippen LogP contribution in [0.25, 0.3) is 0 Å². The number of nitrogens with zero attached hydrogens (tertiary/aromatic N) is 2. The third kappa shape index (κ3) is 7.97. The molecular formula is C22H37IN4O. The van der Waals surface area contributed by atoms with Crippen LogP contribution in [-0.2, 0) is 17.6 Å². The molecule has 158 valence electrons. The number of likely N-dealkylation sites (tertiary alicyclic amines) is 1. The Balaban J connectivity index is 0.00000392. The van der Waals surface area contributed by atoms with Gasteiger partial charge in [0.2, 0.25) is 5.91 Å². The number of halogens is 1. The normalized spacial score (nSPS) is 15.3. The van der Waals surface area contributed by atoms with Crippen LogP contribution < -0.4 is 10.6 Å². The summed E-state index contributed by atoms with van der Waals surface area (Å²) in [5, 5.41) is 6.90. The SMILES string of the molecule is CCNC(=NCCc1ccc(CC)cc1)NC1CCN(C(=O)C(C)C)CC1.I. The van der Waals surface area contributed by atoms with Gasteiger partial charge in [0.15, 0.2) is 5.96 Å². The molecule has 1 fully saturated rings. The number of guanidine groups is 1. The highest BCUT2D eigenvalue weighted by Crippen LogP contribution is 2.13. The largest absolute Gasteiger partial charge is 0.357 e. The average molecular weight is 500 g/mol. The minimum Gasteiger partial charge on any atom is -0.357 e. The summed E-state index contributed by atoms with van der Waals surface area (Å²) in [6.45, 7) is 11.5. The second-order valence-electron chi connectivity index (χ2n) is 7.58. The number of piperidine rings is 1. The minimum atomic E-state index is 0. The van der Waals surface area contributed by atoms with Crippen LogP contribution in [0.5, 0.6) is 0 Å². The zero-order chi connectivity index (χ0) is 19.6. The van der Waals surface area contributed by atoms with Crippen molar-refractivity contribution in [2.24, 2.45) is 10.9 Å². The standard InChI is InChI=1S/C22H36N4O.HI/c1-5-18-7-9-19(10-8-18)11-14-24-22(23-6-2)25-20-12-15-26(16-13-20)21(27)17(3)4;/h7-10,17,20H,5-6,11-16H2,1-4H3,(H2,23,24,25);1H. The van der Waals surface area contributed by atoms with Crippen molar-refractivity contribution in [3.8, 4) is 0 Å². The van der Waals surface area contributed by atoms with Gasteiger partial charge in [-0.15, -0.1) is 24.0 Å². The first-order valence-corrected chi connectivity index (χ1v) is 10.4. The number of aliphatic imine (C=N–C) groups is 1. The molecule has 1 amide bonds. The Bertz CT molecular complexity index is 607. The zero-order valence-corrected chi connectivity index (χ0v) is 20.2. The number of amides is 1. The van der Waals surface area contributed by atoms with Crippen molar-refractivity contribution < 1.29 is 4.79 Å². The summed E-state index contributed by atoms with van der Waals surface area (Å²) in [6, 6.07) is 9.19. The van der Waals surface area contributed by atoms with Crippen molar-refractivity contribution in [2.45, 2.75) is 59.4 Å². The number of hydrogen-bond acceptors (Lipinski definition) is 2. The molecule has 0 aliphatic carbocycles. The van der Waals surface area contributed by atoms with E-state index in [1.807, 2.05) is 18.7 Å². The van der Waals surface area contributed by atoms with Crippen molar-refractivity contribution in [3.63, 3.8) is 0 Å². The fraction of sp³-hybridized carbons (Fsp3) is 0.636. The van der Waals surface area contributed by atoms with Crippen LogP contribution in [0.15, 0.2) is 29.3 Å². The first kappa shape index (κ1) is 24.7. The Kier molecular flexibility index (Phi) is 11.5. The molecule has 0 aromatic heterocycles. The molecule has 28 heavy (non-hydrogen) atoms. The van der Waals surface area contributed by atoms with Gasteiger partial charge in [0.05, 0.1) is 0 Å². The van der Waals surface area contributed by atoms with Gasteiger partial charge in [-0.3, -0.25) is 9.79 Å². The van der Waals surface area contributed by atoms with E-state index in [0.29, 0.717) is 6.04 Å². The molecule has 1 aromatic rings. The molecule has 0 saturated carbocycles. The Morgan fingerprint density at radius 2 is 1.75 bits per heavy atom. The molecular weight excluding hydrogens is 463 g/mol. The lowest BCUT2D eigenvalue weighted by Gasteiger charge is -2.34. The molecule has 1 saturated heterocycles. The van der Waals surface area contributed by atoms with E-state index in [9.17, 15) is 4.79 Å². The van der Waals surface area contributed by atoms with Crippen LogP contribution >= 0.6 is 24.0 Å². The number of benzene rings is 1. The summed E-state index contributed by atoms with van der Waals surface area (Å²) in [5.41, 5.74) is 2.70. The molecule has 2 rings (SSSR count). The Hall–Kier alpha value is -1.31. The fourth-order valence-electron chi connectivity index (χ4n) is 3.36. The lowest BCUT2D eigenvalue weighted by Crippen LogP contribution is -2.50. The van der Waals surface area contributed by atoms with Gasteiger partial charge in [0, 0.05) is 38.1 Å². The van der Waals surface area contributed by atoms with Crippen LogP contribution in [0.2, 0.25) is 0 Å². The maximum absolute atomic E-state index is 12.1. The molecule has 6 heteroatoms. The maximum Gasteiger partial charge on any atom is 0.225 e. The van der Waals surface area contributed by atoms with Gasteiger partial charge in [-0.2, -0.15) is 0 Å². The Morgan fingerprint density at radius 1 is 1.14 bits per heavy atom. The number of aryl methyl sites for hydroxylation is 1. The van der Waals surface area contributed by atoms with Gasteiger partial charge in [-0.05, 0) is 43.7 Å². The molecule has 1 aromatic carbocycles. The quantitative estimate of drug-likeness (QED) is 0.342. The molecule has 1 aliphatic heterocycles. The number of nitrogens with one attached hydrogen (secondary N) is 2. The van der Waals surface area contributed by atoms with Crippen molar-refractivity contribution in [1.29, 1.82) is 0 Å². The summed E-state index contributed by atoms with van der Waals surface area (Å²) in [4.78, 5) is 18.8. The van der Waals surface area contributed by atoms with Crippen LogP contribution in [-0.4, -0.2) is 49.0 Å². The van der Waals surface area contributed by atoms with E-state index >= 15 is 0 Å². The van der Waals surface area contributed by atoms with Gasteiger partial charge >= 0.3 is 0 Å². The number of carbonyl (C=O) groups is 1. The van der Waals surface area contributed by atoms with E-state index in [-0.39, 0.29) is 35.8 Å². The molecule has 1 heterocycles. The van der Waals surface area contributed by atoms with E-state index in [4.69, 9.17) is 4.99 Å². The Labute approximate surface area is 187 Å². The number of rotatable bonds is 7. The average Bonchev–Trinajstić information content (AvgIpc) is 2.68. The van der Waals surface area contributed by atoms with Crippen molar-refractivity contribution in [1.82, 2.24) is 15.5 Å². The first-order chi connectivity index (χ1) is 13.0. The molecule has 0 bridgehead atoms. The van der Waals surface area contributed by atoms with Gasteiger partial charge in [0.1, 0.15) is 0 Å². The lowest BCUT2D eigenvalue weighted by atomic mass is 10.0. The van der Waals surface area contributed by atoms with Crippen molar-refractivity contribution >= 4 is 35.8 Å². The highest BCUT2D eigenvalue weighted by Gasteiger charge is 2.24. The predicted molar refractivity (Wildman–Crippen MR) is 128 cm³/mol. The van der Waals surface area contributed by atoms with Gasteiger partial charge < -0.3 is 15.5 Å². The van der Waals surface area contributed by atoms with E-state index in [2.05, 4.69) is 48.7 Å². The third-order valence-electron chi connectivity index (χ3n) is 5.09. The van der Waals surface area contributed by atoms with E-state index in [0.717, 1.165) is 57.8 Å². The highest BCUT2D eigenvalue weighted by molar-refractivity contribution is 14.0. The Morgan fingerprint density at radius 3 is 2.29 bits per heavy atom. The number of carbonyl (C=O) groups excluding carboxylic acids is 1. The van der Waals surface area contributed by atoms with Gasteiger partial charge in [-0.1, -0.05) is 45.0 Å². The van der Waals surface area contributed by atoms with Crippen molar-refractivity contribution in [3.05, 3.63) is 35.4 Å². The molecule has 0 atom stereocenters. The molecule has 1 aliphatic rings. The van der Waals surface area contributed by atoms with E-state index < -0.39 is 0 Å². The summed E-state index contributed by atoms with van der Waals surface area (Å²) < 4.78 is 0. The van der Waals surface area contributed by atoms with E-state index in [1.54, 1.807) is 0 Å². The summed E-state index contributed by atoms with van der Waals surface area (Å²) in [7, 11) is 0. The zero-order valence-electron chi connectivity index (χ0n) is 17.8. The summed E-state index contributed by atoms with van der Waals surface area (Å²) in [6.07, 6.45) is 3.97. The molecule has 5 nitrogen and oxygen atoms in total. The van der Waals surface area contributed by atoms with Crippen LogP contribution in [0.1, 0.15) is 51.7 Å². The lowest BCUT2D eigenvalue weighted by molar-refractivity contribution is -0.135. The second-order valence-corrected chi connectivity index (χ2v) is 7.58. The number of hydrogen-bond donors (Lipinski definition) is 2. The second kappa shape index (κ2) is 13.0. The first-order valence-electron chi connectivity index (χ1n) is 10.4. The van der Waals surface area contributed by atoms with E-state index in [1.165, 1.54) is 11.1 Å². The van der Waals surface area contributed by atoms with Gasteiger partial charge in [-0.25, -0.2) is 0 Å². The molecule has 0 radical (unpaired) electrons. The van der Waals surface area contributed by atoms with Crippen LogP contribution in [0.3, 0.4) is 0 Å². The summed E-state index contributed by atoms with van der Waals surface area (Å²) in [5.74, 6) is 1.24. The highest BCUT2D eigenvalue weighted by atomic mass is 127.